The van der Waals surface area contributed by atoms with Crippen LogP contribution in [0.25, 0.3) is 0 Å². The number of nitrogens with zero attached hydrogens (tertiary/aromatic N) is 1. The zero-order valence-corrected chi connectivity index (χ0v) is 12.8. The molecule has 21 heavy (non-hydrogen) atoms. The van der Waals surface area contributed by atoms with Crippen LogP contribution in [0.5, 0.6) is 5.75 Å². The quantitative estimate of drug-likeness (QED) is 0.383. The lowest BCUT2D eigenvalue weighted by Crippen LogP contribution is -2.41. The monoisotopic (exact) mass is 304 g/mol. The van der Waals surface area contributed by atoms with Crippen molar-refractivity contribution in [3.63, 3.8) is 0 Å². The number of halogens is 1. The average molecular weight is 305 g/mol. The Morgan fingerprint density at radius 2 is 1.76 bits per heavy atom. The van der Waals surface area contributed by atoms with Gasteiger partial charge in [0.1, 0.15) is 18.8 Å². The number of rotatable bonds is 6. The van der Waals surface area contributed by atoms with Gasteiger partial charge in [0, 0.05) is 11.1 Å². The van der Waals surface area contributed by atoms with E-state index in [-0.39, 0.29) is 5.75 Å². The van der Waals surface area contributed by atoms with Crippen LogP contribution in [-0.4, -0.2) is 28.9 Å². The molecule has 0 radical (unpaired) electrons. The predicted molar refractivity (Wildman–Crippen MR) is 84.2 cm³/mol. The predicted octanol–water partition coefficient (Wildman–Crippen LogP) is 3.55. The number of phenols is 1. The van der Waals surface area contributed by atoms with E-state index in [9.17, 15) is 9.90 Å². The molecular formula is C17H19ClNO2+. The van der Waals surface area contributed by atoms with Gasteiger partial charge < -0.3 is 9.59 Å². The largest absolute Gasteiger partial charge is 0.507 e. The van der Waals surface area contributed by atoms with Crippen molar-refractivity contribution in [1.29, 1.82) is 0 Å². The van der Waals surface area contributed by atoms with Gasteiger partial charge >= 0.3 is 0 Å². The molecule has 2 aromatic carbocycles. The van der Waals surface area contributed by atoms with Gasteiger partial charge in [0.15, 0.2) is 12.3 Å². The van der Waals surface area contributed by atoms with Crippen molar-refractivity contribution in [2.75, 3.05) is 13.1 Å². The Kier molecular flexibility index (Phi) is 4.99. The number of aldehydes is 1. The van der Waals surface area contributed by atoms with Crippen LogP contribution in [0.4, 0.5) is 0 Å². The van der Waals surface area contributed by atoms with Gasteiger partial charge in [0.2, 0.25) is 0 Å². The Hall–Kier alpha value is -1.84. The van der Waals surface area contributed by atoms with Gasteiger partial charge in [0.25, 0.3) is 0 Å². The van der Waals surface area contributed by atoms with Gasteiger partial charge in [-0.1, -0.05) is 41.9 Å². The molecule has 0 aliphatic rings. The van der Waals surface area contributed by atoms with Crippen molar-refractivity contribution in [3.8, 4) is 5.75 Å². The summed E-state index contributed by atoms with van der Waals surface area (Å²) in [7, 11) is 2.08. The number of hydrogen-bond donors (Lipinski definition) is 1. The molecule has 0 amide bonds. The maximum Gasteiger partial charge on any atom is 0.155 e. The number of hydrogen-bond acceptors (Lipinski definition) is 2. The highest BCUT2D eigenvalue weighted by atomic mass is 35.5. The highest BCUT2D eigenvalue weighted by Crippen LogP contribution is 2.22. The molecule has 0 fully saturated rings. The second kappa shape index (κ2) is 6.74. The van der Waals surface area contributed by atoms with Crippen LogP contribution in [0.1, 0.15) is 21.5 Å². The second-order valence-electron chi connectivity index (χ2n) is 5.55. The van der Waals surface area contributed by atoms with Crippen molar-refractivity contribution in [2.24, 2.45) is 0 Å². The van der Waals surface area contributed by atoms with Crippen molar-refractivity contribution in [2.45, 2.75) is 13.1 Å². The summed E-state index contributed by atoms with van der Waals surface area (Å²) < 4.78 is 0.620. The minimum Gasteiger partial charge on any atom is -0.507 e. The molecule has 0 aliphatic heterocycles. The molecule has 2 rings (SSSR count). The van der Waals surface area contributed by atoms with E-state index in [4.69, 9.17) is 11.6 Å². The molecule has 110 valence electrons. The maximum absolute atomic E-state index is 10.9. The lowest BCUT2D eigenvalue weighted by Gasteiger charge is -2.32. The molecule has 0 aromatic heterocycles. The van der Waals surface area contributed by atoms with Gasteiger partial charge in [-0.05, 0) is 18.2 Å². The summed E-state index contributed by atoms with van der Waals surface area (Å²) in [6.45, 7) is 1.50. The Balaban J connectivity index is 2.19. The number of quaternary nitrogens is 1. The standard InChI is InChI=1S/C17H18ClNO2/c1-19(13-18,10-14-5-3-2-4-6-14)11-15-7-8-17(21)16(9-15)12-20/h2-9,12H,10-11,13H2,1H3/p+1. The Morgan fingerprint density at radius 3 is 2.38 bits per heavy atom. The molecule has 2 aromatic rings. The summed E-state index contributed by atoms with van der Waals surface area (Å²) in [6.07, 6.45) is 0.668. The Labute approximate surface area is 130 Å². The van der Waals surface area contributed by atoms with E-state index in [2.05, 4.69) is 19.2 Å². The zero-order valence-electron chi connectivity index (χ0n) is 12.0. The number of benzene rings is 2. The first-order chi connectivity index (χ1) is 10.1. The number of carbonyl (C=O) groups is 1. The first kappa shape index (κ1) is 15.5. The third-order valence-electron chi connectivity index (χ3n) is 3.48. The minimum absolute atomic E-state index is 0.0110. The zero-order chi connectivity index (χ0) is 15.3. The van der Waals surface area contributed by atoms with Crippen molar-refractivity contribution in [3.05, 3.63) is 65.2 Å². The van der Waals surface area contributed by atoms with Crippen LogP contribution in [0, 0.1) is 0 Å². The lowest BCUT2D eigenvalue weighted by molar-refractivity contribution is -0.925. The Morgan fingerprint density at radius 1 is 1.10 bits per heavy atom. The normalized spacial score (nSPS) is 13.6. The molecule has 4 heteroatoms. The van der Waals surface area contributed by atoms with Gasteiger partial charge in [-0.3, -0.25) is 4.79 Å². The highest BCUT2D eigenvalue weighted by Gasteiger charge is 2.22. The number of phenolic OH excluding ortho intramolecular Hbond substituents is 1. The van der Waals surface area contributed by atoms with E-state index < -0.39 is 0 Å². The summed E-state index contributed by atoms with van der Waals surface area (Å²) in [4.78, 5) is 10.9. The van der Waals surface area contributed by atoms with E-state index >= 15 is 0 Å². The van der Waals surface area contributed by atoms with Crippen molar-refractivity contribution < 1.29 is 14.4 Å². The number of aromatic hydroxyl groups is 1. The van der Waals surface area contributed by atoms with Gasteiger partial charge in [0.05, 0.1) is 12.6 Å². The fourth-order valence-corrected chi connectivity index (χ4v) is 2.57. The van der Waals surface area contributed by atoms with Crippen LogP contribution >= 0.6 is 11.6 Å². The van der Waals surface area contributed by atoms with Crippen LogP contribution in [0.2, 0.25) is 0 Å². The molecular weight excluding hydrogens is 286 g/mol. The molecule has 1 unspecified atom stereocenters. The molecule has 0 saturated heterocycles. The second-order valence-corrected chi connectivity index (χ2v) is 5.79. The third kappa shape index (κ3) is 4.06. The van der Waals surface area contributed by atoms with E-state index in [1.165, 1.54) is 5.56 Å². The molecule has 0 spiro atoms. The lowest BCUT2D eigenvalue weighted by atomic mass is 10.1. The van der Waals surface area contributed by atoms with Gasteiger partial charge in [-0.25, -0.2) is 0 Å². The van der Waals surface area contributed by atoms with E-state index in [1.54, 1.807) is 12.1 Å². The molecule has 1 N–H and O–H groups in total. The van der Waals surface area contributed by atoms with Crippen LogP contribution in [0.15, 0.2) is 48.5 Å². The maximum atomic E-state index is 10.9. The molecule has 0 bridgehead atoms. The summed E-state index contributed by atoms with van der Waals surface area (Å²) in [5.74, 6) is 0.0110. The fourth-order valence-electron chi connectivity index (χ4n) is 2.40. The average Bonchev–Trinajstić information content (AvgIpc) is 2.50. The van der Waals surface area contributed by atoms with E-state index in [0.29, 0.717) is 28.9 Å². The highest BCUT2D eigenvalue weighted by molar-refractivity contribution is 6.16. The molecule has 0 saturated carbocycles. The van der Waals surface area contributed by atoms with Crippen molar-refractivity contribution >= 4 is 17.9 Å². The van der Waals surface area contributed by atoms with E-state index in [0.717, 1.165) is 12.1 Å². The third-order valence-corrected chi connectivity index (χ3v) is 4.06. The topological polar surface area (TPSA) is 37.3 Å². The van der Waals surface area contributed by atoms with Gasteiger partial charge in [-0.2, -0.15) is 0 Å². The van der Waals surface area contributed by atoms with Gasteiger partial charge in [-0.15, -0.1) is 0 Å². The summed E-state index contributed by atoms with van der Waals surface area (Å²) in [5, 5.41) is 9.56. The molecule has 0 aliphatic carbocycles. The van der Waals surface area contributed by atoms with Crippen LogP contribution in [-0.2, 0) is 13.1 Å². The number of carbonyl (C=O) groups excluding carboxylic acids is 1. The SMILES string of the molecule is C[N+](CCl)(Cc1ccccc1)Cc1ccc(O)c(C=O)c1. The molecule has 1 atom stereocenters. The summed E-state index contributed by atoms with van der Waals surface area (Å²) >= 11 is 6.17. The first-order valence-electron chi connectivity index (χ1n) is 6.77. The smallest absolute Gasteiger partial charge is 0.155 e. The number of alkyl halides is 1. The van der Waals surface area contributed by atoms with Crippen molar-refractivity contribution in [1.82, 2.24) is 0 Å². The van der Waals surface area contributed by atoms with Crippen LogP contribution in [0.3, 0.4) is 0 Å². The molecule has 3 nitrogen and oxygen atoms in total. The molecule has 0 heterocycles. The minimum atomic E-state index is 0.0110. The fraction of sp³-hybridized carbons (Fsp3) is 0.235. The Bertz CT molecular complexity index is 615. The summed E-state index contributed by atoms with van der Waals surface area (Å²) in [6, 6.07) is 15.7. The van der Waals surface area contributed by atoms with Crippen LogP contribution < -0.4 is 0 Å². The summed E-state index contributed by atoms with van der Waals surface area (Å²) in [5.41, 5.74) is 2.51. The van der Waals surface area contributed by atoms with E-state index in [1.807, 2.05) is 24.3 Å². The first-order valence-corrected chi connectivity index (χ1v) is 7.30.